The molecule has 1 aliphatic heterocycles. The lowest BCUT2D eigenvalue weighted by atomic mass is 9.96. The fourth-order valence-corrected chi connectivity index (χ4v) is 2.58. The second kappa shape index (κ2) is 5.42. The third-order valence-corrected chi connectivity index (χ3v) is 3.50. The van der Waals surface area contributed by atoms with E-state index in [0.29, 0.717) is 5.76 Å². The molecular formula is C17H15NO3. The van der Waals surface area contributed by atoms with Crippen molar-refractivity contribution in [2.24, 2.45) is 0 Å². The average Bonchev–Trinajstić information content (AvgIpc) is 2.87. The number of benzene rings is 2. The first kappa shape index (κ1) is 13.4. The Bertz CT molecular complexity index is 680. The van der Waals surface area contributed by atoms with Crippen LogP contribution in [0.25, 0.3) is 5.76 Å². The fraction of sp³-hybridized carbons (Fsp3) is 0.118. The van der Waals surface area contributed by atoms with Gasteiger partial charge in [-0.3, -0.25) is 0 Å². The molecule has 0 saturated heterocycles. The minimum atomic E-state index is -0.966. The van der Waals surface area contributed by atoms with Crippen molar-refractivity contribution in [1.82, 2.24) is 5.06 Å². The van der Waals surface area contributed by atoms with Crippen molar-refractivity contribution in [2.75, 3.05) is 7.05 Å². The molecule has 1 heterocycles. The summed E-state index contributed by atoms with van der Waals surface area (Å²) in [7, 11) is 1.75. The first-order valence-electron chi connectivity index (χ1n) is 6.67. The van der Waals surface area contributed by atoms with Crippen molar-refractivity contribution < 1.29 is 14.7 Å². The fourth-order valence-electron chi connectivity index (χ4n) is 2.58. The van der Waals surface area contributed by atoms with Gasteiger partial charge in [-0.15, -0.1) is 5.06 Å². The van der Waals surface area contributed by atoms with E-state index in [1.807, 2.05) is 60.7 Å². The van der Waals surface area contributed by atoms with Gasteiger partial charge in [0, 0.05) is 12.6 Å². The summed E-state index contributed by atoms with van der Waals surface area (Å²) in [6, 6.07) is 18.4. The number of likely N-dealkylation sites (N-methyl/N-ethyl adjacent to an activating group) is 1. The maximum atomic E-state index is 11.8. The third-order valence-electron chi connectivity index (χ3n) is 3.50. The van der Waals surface area contributed by atoms with Gasteiger partial charge in [-0.25, -0.2) is 4.79 Å². The number of hydrogen-bond acceptors (Lipinski definition) is 3. The van der Waals surface area contributed by atoms with Gasteiger partial charge in [-0.2, -0.15) is 0 Å². The largest absolute Gasteiger partial charge is 0.478 e. The Morgan fingerprint density at radius 3 is 2.19 bits per heavy atom. The monoisotopic (exact) mass is 281 g/mol. The molecule has 0 radical (unpaired) electrons. The van der Waals surface area contributed by atoms with Crippen molar-refractivity contribution in [3.63, 3.8) is 0 Å². The van der Waals surface area contributed by atoms with E-state index in [4.69, 9.17) is 4.84 Å². The molecule has 2 aromatic rings. The van der Waals surface area contributed by atoms with Gasteiger partial charge in [0.05, 0.1) is 0 Å². The summed E-state index contributed by atoms with van der Waals surface area (Å²) < 4.78 is 0. The normalized spacial score (nSPS) is 18.6. The Balaban J connectivity index is 2.13. The lowest BCUT2D eigenvalue weighted by molar-refractivity contribution is -0.133. The molecule has 0 amide bonds. The summed E-state index contributed by atoms with van der Waals surface area (Å²) in [5, 5.41) is 11.2. The molecule has 3 rings (SSSR count). The van der Waals surface area contributed by atoms with Crippen molar-refractivity contribution in [1.29, 1.82) is 0 Å². The van der Waals surface area contributed by atoms with Crippen LogP contribution < -0.4 is 0 Å². The molecule has 0 aromatic heterocycles. The van der Waals surface area contributed by atoms with Crippen LogP contribution in [0.3, 0.4) is 0 Å². The van der Waals surface area contributed by atoms with Crippen molar-refractivity contribution in [3.8, 4) is 0 Å². The summed E-state index contributed by atoms with van der Waals surface area (Å²) in [4.78, 5) is 17.5. The summed E-state index contributed by atoms with van der Waals surface area (Å²) in [6.07, 6.45) is 0. The highest BCUT2D eigenvalue weighted by molar-refractivity contribution is 5.97. The number of nitrogens with zero attached hydrogens (tertiary/aromatic N) is 1. The van der Waals surface area contributed by atoms with E-state index < -0.39 is 12.0 Å². The van der Waals surface area contributed by atoms with E-state index >= 15 is 0 Å². The molecule has 0 spiro atoms. The van der Waals surface area contributed by atoms with E-state index in [-0.39, 0.29) is 5.57 Å². The number of carbonyl (C=O) groups is 1. The quantitative estimate of drug-likeness (QED) is 0.939. The Morgan fingerprint density at radius 2 is 1.62 bits per heavy atom. The van der Waals surface area contributed by atoms with Crippen LogP contribution >= 0.6 is 0 Å². The highest BCUT2D eigenvalue weighted by atomic mass is 16.7. The van der Waals surface area contributed by atoms with Gasteiger partial charge >= 0.3 is 5.97 Å². The third kappa shape index (κ3) is 2.41. The Morgan fingerprint density at radius 1 is 1.05 bits per heavy atom. The average molecular weight is 281 g/mol. The molecule has 4 nitrogen and oxygen atoms in total. The van der Waals surface area contributed by atoms with Crippen LogP contribution in [0.15, 0.2) is 66.2 Å². The molecule has 1 aliphatic rings. The van der Waals surface area contributed by atoms with Crippen LogP contribution in [-0.2, 0) is 9.63 Å². The predicted octanol–water partition coefficient (Wildman–Crippen LogP) is 3.10. The molecule has 0 unspecified atom stereocenters. The molecule has 1 N–H and O–H groups in total. The predicted molar refractivity (Wildman–Crippen MR) is 79.0 cm³/mol. The summed E-state index contributed by atoms with van der Waals surface area (Å²) in [5.41, 5.74) is 1.92. The smallest absolute Gasteiger partial charge is 0.337 e. The number of rotatable bonds is 3. The van der Waals surface area contributed by atoms with Crippen LogP contribution in [0.5, 0.6) is 0 Å². The van der Waals surface area contributed by atoms with E-state index in [2.05, 4.69) is 0 Å². The highest BCUT2D eigenvalue weighted by Crippen LogP contribution is 2.40. The molecule has 0 bridgehead atoms. The molecule has 0 saturated carbocycles. The lowest BCUT2D eigenvalue weighted by Crippen LogP contribution is -2.21. The topological polar surface area (TPSA) is 49.8 Å². The molecule has 0 aliphatic carbocycles. The van der Waals surface area contributed by atoms with Crippen molar-refractivity contribution >= 4 is 11.7 Å². The van der Waals surface area contributed by atoms with Crippen LogP contribution in [0, 0.1) is 0 Å². The second-order valence-corrected chi connectivity index (χ2v) is 4.86. The Hall–Kier alpha value is -2.59. The number of hydroxylamine groups is 2. The molecule has 0 fully saturated rings. The molecule has 4 heteroatoms. The number of carboxylic acid groups (broad SMARTS) is 1. The minimum Gasteiger partial charge on any atom is -0.478 e. The van der Waals surface area contributed by atoms with Gasteiger partial charge in [0.15, 0.2) is 5.76 Å². The zero-order valence-corrected chi connectivity index (χ0v) is 11.6. The molecule has 106 valence electrons. The Kier molecular flexibility index (Phi) is 3.46. The van der Waals surface area contributed by atoms with E-state index in [0.717, 1.165) is 11.1 Å². The van der Waals surface area contributed by atoms with Crippen LogP contribution in [0.2, 0.25) is 0 Å². The van der Waals surface area contributed by atoms with Gasteiger partial charge in [0.25, 0.3) is 0 Å². The number of hydrogen-bond donors (Lipinski definition) is 1. The maximum absolute atomic E-state index is 11.8. The van der Waals surface area contributed by atoms with Gasteiger partial charge in [0.1, 0.15) is 11.6 Å². The zero-order valence-electron chi connectivity index (χ0n) is 11.6. The Labute approximate surface area is 122 Å². The first-order chi connectivity index (χ1) is 10.2. The van der Waals surface area contributed by atoms with Gasteiger partial charge in [0.2, 0.25) is 0 Å². The minimum absolute atomic E-state index is 0.259. The molecule has 1 atom stereocenters. The number of aliphatic carboxylic acids is 1. The standard InChI is InChI=1S/C17H15NO3/c1-18-15(12-8-4-2-5-9-12)14(17(19)20)16(21-18)13-10-6-3-7-11-13/h2-11,15H,1H3,(H,19,20)/t15-/m1/s1. The van der Waals surface area contributed by atoms with Gasteiger partial charge in [-0.1, -0.05) is 60.7 Å². The summed E-state index contributed by atoms with van der Waals surface area (Å²) in [6.45, 7) is 0. The van der Waals surface area contributed by atoms with E-state index in [9.17, 15) is 9.90 Å². The van der Waals surface area contributed by atoms with Crippen LogP contribution in [0.1, 0.15) is 17.2 Å². The van der Waals surface area contributed by atoms with E-state index in [1.165, 1.54) is 0 Å². The molecule has 21 heavy (non-hydrogen) atoms. The molecule has 2 aromatic carbocycles. The van der Waals surface area contributed by atoms with Crippen LogP contribution in [-0.4, -0.2) is 23.2 Å². The first-order valence-corrected chi connectivity index (χ1v) is 6.67. The second-order valence-electron chi connectivity index (χ2n) is 4.86. The highest BCUT2D eigenvalue weighted by Gasteiger charge is 2.38. The lowest BCUT2D eigenvalue weighted by Gasteiger charge is -2.19. The van der Waals surface area contributed by atoms with E-state index in [1.54, 1.807) is 12.1 Å². The van der Waals surface area contributed by atoms with Crippen molar-refractivity contribution in [2.45, 2.75) is 6.04 Å². The molecular weight excluding hydrogens is 266 g/mol. The van der Waals surface area contributed by atoms with Crippen LogP contribution in [0.4, 0.5) is 0 Å². The summed E-state index contributed by atoms with van der Waals surface area (Å²) >= 11 is 0. The van der Waals surface area contributed by atoms with Gasteiger partial charge in [-0.05, 0) is 5.56 Å². The van der Waals surface area contributed by atoms with Crippen molar-refractivity contribution in [3.05, 3.63) is 77.4 Å². The zero-order chi connectivity index (χ0) is 14.8. The number of carboxylic acids is 1. The maximum Gasteiger partial charge on any atom is 0.337 e. The van der Waals surface area contributed by atoms with Gasteiger partial charge < -0.3 is 9.94 Å². The summed E-state index contributed by atoms with van der Waals surface area (Å²) in [5.74, 6) is -0.563. The SMILES string of the molecule is CN1OC(c2ccccc2)=C(C(=O)O)[C@H]1c1ccccc1.